The summed E-state index contributed by atoms with van der Waals surface area (Å²) >= 11 is 0. The van der Waals surface area contributed by atoms with Crippen molar-refractivity contribution < 1.29 is 13.9 Å². The molecule has 3 atom stereocenters. The summed E-state index contributed by atoms with van der Waals surface area (Å²) in [5.74, 6) is -0.660. The average Bonchev–Trinajstić information content (AvgIpc) is 2.58. The number of anilines is 1. The molecule has 24 heavy (non-hydrogen) atoms. The molecule has 0 aromatic heterocycles. The number of rotatable bonds is 4. The Balaban J connectivity index is 1.59. The Morgan fingerprint density at radius 2 is 2.12 bits per heavy atom. The van der Waals surface area contributed by atoms with Crippen LogP contribution < -0.4 is 11.1 Å². The minimum absolute atomic E-state index is 0.136. The van der Waals surface area contributed by atoms with E-state index in [1.165, 1.54) is 0 Å². The SMILES string of the molecule is NC1C=CC(C(=O)Nc2cccc(CN3CCOCC3)c2)CC1F. The molecule has 1 saturated heterocycles. The van der Waals surface area contributed by atoms with Gasteiger partial charge in [0.15, 0.2) is 0 Å². The van der Waals surface area contributed by atoms with Crippen LogP contribution in [-0.4, -0.2) is 49.3 Å². The monoisotopic (exact) mass is 333 g/mol. The maximum atomic E-state index is 13.7. The molecule has 1 aromatic rings. The van der Waals surface area contributed by atoms with Gasteiger partial charge in [0.25, 0.3) is 0 Å². The van der Waals surface area contributed by atoms with Crippen LogP contribution in [0.1, 0.15) is 12.0 Å². The first-order valence-electron chi connectivity index (χ1n) is 8.40. The molecule has 3 unspecified atom stereocenters. The third kappa shape index (κ3) is 4.41. The summed E-state index contributed by atoms with van der Waals surface area (Å²) in [7, 11) is 0. The van der Waals surface area contributed by atoms with E-state index in [0.717, 1.165) is 44.1 Å². The minimum atomic E-state index is -1.17. The zero-order valence-corrected chi connectivity index (χ0v) is 13.7. The van der Waals surface area contributed by atoms with Gasteiger partial charge in [-0.2, -0.15) is 0 Å². The zero-order chi connectivity index (χ0) is 16.9. The molecule has 1 aliphatic heterocycles. The first kappa shape index (κ1) is 17.1. The first-order chi connectivity index (χ1) is 11.6. The summed E-state index contributed by atoms with van der Waals surface area (Å²) in [6, 6.07) is 7.19. The van der Waals surface area contributed by atoms with Crippen molar-refractivity contribution in [3.8, 4) is 0 Å². The van der Waals surface area contributed by atoms with E-state index in [0.29, 0.717) is 0 Å². The highest BCUT2D eigenvalue weighted by Gasteiger charge is 2.28. The van der Waals surface area contributed by atoms with Gasteiger partial charge in [0.1, 0.15) is 6.17 Å². The van der Waals surface area contributed by atoms with Crippen LogP contribution in [0.4, 0.5) is 10.1 Å². The van der Waals surface area contributed by atoms with Crippen molar-refractivity contribution in [1.29, 1.82) is 0 Å². The summed E-state index contributed by atoms with van der Waals surface area (Å²) in [5.41, 5.74) is 7.47. The number of hydrogen-bond acceptors (Lipinski definition) is 4. The van der Waals surface area contributed by atoms with Gasteiger partial charge in [0.2, 0.25) is 5.91 Å². The maximum absolute atomic E-state index is 13.7. The molecule has 1 amide bonds. The Bertz CT molecular complexity index is 602. The number of carbonyl (C=O) groups is 1. The number of alkyl halides is 1. The van der Waals surface area contributed by atoms with Crippen molar-refractivity contribution in [3.63, 3.8) is 0 Å². The first-order valence-corrected chi connectivity index (χ1v) is 8.40. The van der Waals surface area contributed by atoms with Crippen molar-refractivity contribution in [2.24, 2.45) is 11.7 Å². The number of carbonyl (C=O) groups excluding carboxylic acids is 1. The number of benzene rings is 1. The maximum Gasteiger partial charge on any atom is 0.231 e. The predicted octanol–water partition coefficient (Wildman–Crippen LogP) is 1.70. The van der Waals surface area contributed by atoms with E-state index in [2.05, 4.69) is 10.2 Å². The summed E-state index contributed by atoms with van der Waals surface area (Å²) in [5, 5.41) is 2.88. The molecule has 5 nitrogen and oxygen atoms in total. The van der Waals surface area contributed by atoms with Crippen LogP contribution in [0.3, 0.4) is 0 Å². The smallest absolute Gasteiger partial charge is 0.231 e. The van der Waals surface area contributed by atoms with Crippen molar-refractivity contribution in [3.05, 3.63) is 42.0 Å². The molecule has 0 bridgehead atoms. The number of morpholine rings is 1. The molecule has 0 radical (unpaired) electrons. The van der Waals surface area contributed by atoms with Crippen LogP contribution in [-0.2, 0) is 16.1 Å². The van der Waals surface area contributed by atoms with E-state index in [4.69, 9.17) is 10.5 Å². The molecule has 6 heteroatoms. The highest BCUT2D eigenvalue weighted by molar-refractivity contribution is 5.93. The lowest BCUT2D eigenvalue weighted by atomic mass is 9.91. The van der Waals surface area contributed by atoms with Gasteiger partial charge in [-0.3, -0.25) is 9.69 Å². The lowest BCUT2D eigenvalue weighted by molar-refractivity contribution is -0.119. The van der Waals surface area contributed by atoms with E-state index in [-0.39, 0.29) is 12.3 Å². The Hall–Kier alpha value is -1.76. The molecule has 3 rings (SSSR count). The molecule has 1 aromatic carbocycles. The van der Waals surface area contributed by atoms with E-state index in [1.54, 1.807) is 12.2 Å². The molecule has 130 valence electrons. The number of hydrogen-bond donors (Lipinski definition) is 2. The predicted molar refractivity (Wildman–Crippen MR) is 91.3 cm³/mol. The lowest BCUT2D eigenvalue weighted by Crippen LogP contribution is -2.37. The van der Waals surface area contributed by atoms with E-state index < -0.39 is 18.1 Å². The Kier molecular flexibility index (Phi) is 5.60. The molecule has 1 aliphatic carbocycles. The molecule has 1 heterocycles. The van der Waals surface area contributed by atoms with Crippen molar-refractivity contribution >= 4 is 11.6 Å². The summed E-state index contributed by atoms with van der Waals surface area (Å²) < 4.78 is 19.0. The van der Waals surface area contributed by atoms with Gasteiger partial charge < -0.3 is 15.8 Å². The van der Waals surface area contributed by atoms with Gasteiger partial charge >= 0.3 is 0 Å². The van der Waals surface area contributed by atoms with Crippen LogP contribution in [0.15, 0.2) is 36.4 Å². The fourth-order valence-electron chi connectivity index (χ4n) is 3.06. The quantitative estimate of drug-likeness (QED) is 0.823. The average molecular weight is 333 g/mol. The van der Waals surface area contributed by atoms with E-state index in [1.807, 2.05) is 24.3 Å². The van der Waals surface area contributed by atoms with Crippen LogP contribution in [0.2, 0.25) is 0 Å². The normalized spacial score (nSPS) is 27.8. The Morgan fingerprint density at radius 1 is 1.33 bits per heavy atom. The summed E-state index contributed by atoms with van der Waals surface area (Å²) in [6.45, 7) is 4.19. The van der Waals surface area contributed by atoms with Crippen LogP contribution in [0.5, 0.6) is 0 Å². The Labute approximate surface area is 141 Å². The second kappa shape index (κ2) is 7.88. The van der Waals surface area contributed by atoms with Crippen LogP contribution in [0.25, 0.3) is 0 Å². The third-order valence-corrected chi connectivity index (χ3v) is 4.50. The van der Waals surface area contributed by atoms with Crippen LogP contribution in [0, 0.1) is 5.92 Å². The number of nitrogens with two attached hydrogens (primary N) is 1. The molecule has 0 spiro atoms. The van der Waals surface area contributed by atoms with Crippen molar-refractivity contribution in [2.75, 3.05) is 31.6 Å². The van der Waals surface area contributed by atoms with Gasteiger partial charge in [0, 0.05) is 25.3 Å². The van der Waals surface area contributed by atoms with E-state index in [9.17, 15) is 9.18 Å². The molecule has 1 fully saturated rings. The molecular weight excluding hydrogens is 309 g/mol. The Morgan fingerprint density at radius 3 is 2.88 bits per heavy atom. The largest absolute Gasteiger partial charge is 0.379 e. The van der Waals surface area contributed by atoms with Crippen LogP contribution >= 0.6 is 0 Å². The van der Waals surface area contributed by atoms with Gasteiger partial charge in [-0.1, -0.05) is 24.3 Å². The number of nitrogens with zero attached hydrogens (tertiary/aromatic N) is 1. The molecule has 3 N–H and O–H groups in total. The minimum Gasteiger partial charge on any atom is -0.379 e. The third-order valence-electron chi connectivity index (χ3n) is 4.50. The molecular formula is C18H24FN3O2. The van der Waals surface area contributed by atoms with Gasteiger partial charge in [-0.05, 0) is 24.1 Å². The highest BCUT2D eigenvalue weighted by Crippen LogP contribution is 2.22. The van der Waals surface area contributed by atoms with Gasteiger partial charge in [0.05, 0.1) is 25.2 Å². The van der Waals surface area contributed by atoms with Crippen molar-refractivity contribution in [1.82, 2.24) is 4.90 Å². The molecule has 2 aliphatic rings. The topological polar surface area (TPSA) is 67.6 Å². The number of amides is 1. The lowest BCUT2D eigenvalue weighted by Gasteiger charge is -2.26. The number of halogens is 1. The number of nitrogens with one attached hydrogen (secondary N) is 1. The number of ether oxygens (including phenoxy) is 1. The zero-order valence-electron chi connectivity index (χ0n) is 13.7. The summed E-state index contributed by atoms with van der Waals surface area (Å²) in [4.78, 5) is 14.6. The standard InChI is InChI=1S/C18H24FN3O2/c19-16-11-14(4-5-17(16)20)18(23)21-15-3-1-2-13(10-15)12-22-6-8-24-9-7-22/h1-5,10,14,16-17H,6-9,11-12,20H2,(H,21,23). The van der Waals surface area contributed by atoms with E-state index >= 15 is 0 Å². The highest BCUT2D eigenvalue weighted by atomic mass is 19.1. The van der Waals surface area contributed by atoms with Gasteiger partial charge in [-0.25, -0.2) is 4.39 Å². The summed E-state index contributed by atoms with van der Waals surface area (Å²) in [6.07, 6.45) is 2.25. The second-order valence-corrected chi connectivity index (χ2v) is 6.40. The molecule has 0 saturated carbocycles. The van der Waals surface area contributed by atoms with Crippen molar-refractivity contribution in [2.45, 2.75) is 25.2 Å². The fraction of sp³-hybridized carbons (Fsp3) is 0.500. The fourth-order valence-corrected chi connectivity index (χ4v) is 3.06. The second-order valence-electron chi connectivity index (χ2n) is 6.40. The van der Waals surface area contributed by atoms with Gasteiger partial charge in [-0.15, -0.1) is 0 Å².